The van der Waals surface area contributed by atoms with Gasteiger partial charge < -0.3 is 9.47 Å². The number of aromatic nitrogens is 2. The van der Waals surface area contributed by atoms with Crippen LogP contribution in [0.15, 0.2) is 28.9 Å². The third kappa shape index (κ3) is 3.28. The van der Waals surface area contributed by atoms with Crippen LogP contribution in [-0.2, 0) is 6.42 Å². The Morgan fingerprint density at radius 2 is 1.90 bits per heavy atom. The van der Waals surface area contributed by atoms with Crippen LogP contribution in [0, 0.1) is 0 Å². The van der Waals surface area contributed by atoms with Gasteiger partial charge in [-0.3, -0.25) is 0 Å². The van der Waals surface area contributed by atoms with E-state index in [0.717, 1.165) is 46.0 Å². The number of hydrogen-bond acceptors (Lipinski definition) is 4. The minimum Gasteiger partial charge on any atom is -0.497 e. The minimum atomic E-state index is 0.763. The Morgan fingerprint density at radius 3 is 2.55 bits per heavy atom. The third-order valence-corrected chi connectivity index (χ3v) is 3.30. The van der Waals surface area contributed by atoms with E-state index < -0.39 is 0 Å². The van der Waals surface area contributed by atoms with Gasteiger partial charge in [0.05, 0.1) is 19.9 Å². The maximum Gasteiger partial charge on any atom is 0.130 e. The van der Waals surface area contributed by atoms with Crippen LogP contribution in [-0.4, -0.2) is 24.2 Å². The van der Waals surface area contributed by atoms with Gasteiger partial charge in [0.2, 0.25) is 0 Å². The molecule has 1 aromatic heterocycles. The summed E-state index contributed by atoms with van der Waals surface area (Å²) in [6, 6.07) is 7.55. The summed E-state index contributed by atoms with van der Waals surface area (Å²) in [5.41, 5.74) is 1.72. The topological polar surface area (TPSA) is 44.2 Å². The highest BCUT2D eigenvalue weighted by molar-refractivity contribution is 9.10. The van der Waals surface area contributed by atoms with Gasteiger partial charge in [0.1, 0.15) is 21.9 Å². The van der Waals surface area contributed by atoms with Crippen LogP contribution < -0.4 is 9.47 Å². The van der Waals surface area contributed by atoms with Crippen molar-refractivity contribution in [3.8, 4) is 22.8 Å². The molecule has 0 aliphatic heterocycles. The van der Waals surface area contributed by atoms with Crippen molar-refractivity contribution >= 4 is 15.9 Å². The lowest BCUT2D eigenvalue weighted by atomic mass is 10.1. The predicted molar refractivity (Wildman–Crippen MR) is 82.3 cm³/mol. The first-order chi connectivity index (χ1) is 9.67. The molecule has 0 atom stereocenters. The molecule has 0 spiro atoms. The van der Waals surface area contributed by atoms with Crippen LogP contribution in [0.2, 0.25) is 0 Å². The van der Waals surface area contributed by atoms with E-state index >= 15 is 0 Å². The second kappa shape index (κ2) is 6.70. The number of halogens is 1. The molecule has 106 valence electrons. The second-order valence-electron chi connectivity index (χ2n) is 4.31. The summed E-state index contributed by atoms with van der Waals surface area (Å²) in [6.07, 6.45) is 1.85. The Bertz CT molecular complexity index is 602. The van der Waals surface area contributed by atoms with Gasteiger partial charge in [0.25, 0.3) is 0 Å². The number of hydrogen-bond donors (Lipinski definition) is 0. The molecule has 0 fully saturated rings. The quantitative estimate of drug-likeness (QED) is 0.777. The number of benzene rings is 1. The van der Waals surface area contributed by atoms with Crippen molar-refractivity contribution in [1.29, 1.82) is 0 Å². The molecule has 2 rings (SSSR count). The van der Waals surface area contributed by atoms with Gasteiger partial charge >= 0.3 is 0 Å². The zero-order chi connectivity index (χ0) is 14.5. The zero-order valence-electron chi connectivity index (χ0n) is 11.8. The smallest absolute Gasteiger partial charge is 0.130 e. The highest BCUT2D eigenvalue weighted by Gasteiger charge is 2.11. The fraction of sp³-hybridized carbons (Fsp3) is 0.333. The van der Waals surface area contributed by atoms with E-state index in [0.29, 0.717) is 0 Å². The van der Waals surface area contributed by atoms with E-state index in [9.17, 15) is 0 Å². The molecule has 0 unspecified atom stereocenters. The van der Waals surface area contributed by atoms with Gasteiger partial charge in [-0.1, -0.05) is 6.92 Å². The molecule has 0 aliphatic rings. The van der Waals surface area contributed by atoms with Crippen LogP contribution in [0.4, 0.5) is 0 Å². The molecule has 0 amide bonds. The Balaban J connectivity index is 2.54. The summed E-state index contributed by atoms with van der Waals surface area (Å²) < 4.78 is 11.5. The first-order valence-corrected chi connectivity index (χ1v) is 7.23. The van der Waals surface area contributed by atoms with E-state index in [1.54, 1.807) is 14.2 Å². The first kappa shape index (κ1) is 14.8. The molecule has 0 N–H and O–H groups in total. The fourth-order valence-corrected chi connectivity index (χ4v) is 2.37. The van der Waals surface area contributed by atoms with E-state index in [1.165, 1.54) is 0 Å². The van der Waals surface area contributed by atoms with Crippen LogP contribution in [0.1, 0.15) is 19.2 Å². The standard InChI is InChI=1S/C15H17BrN2O2/c1-4-5-15-17-12(9-14(16)18-15)11-8-10(19-2)6-7-13(11)20-3/h6-9H,4-5H2,1-3H3. The van der Waals surface area contributed by atoms with Crippen molar-refractivity contribution in [1.82, 2.24) is 9.97 Å². The average molecular weight is 337 g/mol. The second-order valence-corrected chi connectivity index (χ2v) is 5.12. The fourth-order valence-electron chi connectivity index (χ4n) is 1.95. The highest BCUT2D eigenvalue weighted by atomic mass is 79.9. The Kier molecular flexibility index (Phi) is 4.95. The normalized spacial score (nSPS) is 10.4. The lowest BCUT2D eigenvalue weighted by Crippen LogP contribution is -1.99. The van der Waals surface area contributed by atoms with Crippen molar-refractivity contribution in [3.63, 3.8) is 0 Å². The Morgan fingerprint density at radius 1 is 1.10 bits per heavy atom. The first-order valence-electron chi connectivity index (χ1n) is 6.43. The van der Waals surface area contributed by atoms with Crippen LogP contribution in [0.5, 0.6) is 11.5 Å². The van der Waals surface area contributed by atoms with E-state index in [2.05, 4.69) is 32.8 Å². The van der Waals surface area contributed by atoms with Crippen LogP contribution in [0.3, 0.4) is 0 Å². The molecule has 0 saturated heterocycles. The van der Waals surface area contributed by atoms with Crippen LogP contribution in [0.25, 0.3) is 11.3 Å². The summed E-state index contributed by atoms with van der Waals surface area (Å²) in [6.45, 7) is 2.11. The summed E-state index contributed by atoms with van der Waals surface area (Å²) in [5.74, 6) is 2.35. The molecule has 20 heavy (non-hydrogen) atoms. The molecule has 0 saturated carbocycles. The lowest BCUT2D eigenvalue weighted by molar-refractivity contribution is 0.404. The number of rotatable bonds is 5. The zero-order valence-corrected chi connectivity index (χ0v) is 13.4. The third-order valence-electron chi connectivity index (χ3n) is 2.90. The minimum absolute atomic E-state index is 0.763. The monoisotopic (exact) mass is 336 g/mol. The molecule has 0 aliphatic carbocycles. The molecule has 0 radical (unpaired) electrons. The van der Waals surface area contributed by atoms with E-state index in [1.807, 2.05) is 24.3 Å². The van der Waals surface area contributed by atoms with Crippen molar-refractivity contribution in [2.24, 2.45) is 0 Å². The summed E-state index contributed by atoms with van der Waals surface area (Å²) in [4.78, 5) is 8.98. The predicted octanol–water partition coefficient (Wildman–Crippen LogP) is 3.88. The number of methoxy groups -OCH3 is 2. The number of nitrogens with zero attached hydrogens (tertiary/aromatic N) is 2. The van der Waals surface area contributed by atoms with Crippen LogP contribution >= 0.6 is 15.9 Å². The summed E-state index contributed by atoms with van der Waals surface area (Å²) >= 11 is 3.44. The van der Waals surface area contributed by atoms with Crippen molar-refractivity contribution < 1.29 is 9.47 Å². The number of ether oxygens (including phenoxy) is 2. The van der Waals surface area contributed by atoms with E-state index in [-0.39, 0.29) is 0 Å². The molecule has 5 heteroatoms. The maximum absolute atomic E-state index is 5.41. The van der Waals surface area contributed by atoms with Gasteiger partial charge in [-0.15, -0.1) is 0 Å². The molecule has 2 aromatic rings. The van der Waals surface area contributed by atoms with Crippen molar-refractivity contribution in [2.45, 2.75) is 19.8 Å². The number of aryl methyl sites for hydroxylation is 1. The molecule has 0 bridgehead atoms. The Labute approximate surface area is 127 Å². The van der Waals surface area contributed by atoms with Gasteiger partial charge in [0, 0.05) is 12.0 Å². The molecule has 1 aromatic carbocycles. The molecular weight excluding hydrogens is 320 g/mol. The van der Waals surface area contributed by atoms with Crippen molar-refractivity contribution in [3.05, 3.63) is 34.7 Å². The van der Waals surface area contributed by atoms with Crippen molar-refractivity contribution in [2.75, 3.05) is 14.2 Å². The van der Waals surface area contributed by atoms with Gasteiger partial charge in [-0.25, -0.2) is 9.97 Å². The highest BCUT2D eigenvalue weighted by Crippen LogP contribution is 2.33. The molecular formula is C15H17BrN2O2. The SMILES string of the molecule is CCCc1nc(Br)cc(-c2cc(OC)ccc2OC)n1. The summed E-state index contributed by atoms with van der Waals surface area (Å²) in [5, 5.41) is 0. The Hall–Kier alpha value is -1.62. The van der Waals surface area contributed by atoms with E-state index in [4.69, 9.17) is 9.47 Å². The summed E-state index contributed by atoms with van der Waals surface area (Å²) in [7, 11) is 3.29. The molecule has 1 heterocycles. The van der Waals surface area contributed by atoms with Gasteiger partial charge in [-0.05, 0) is 46.6 Å². The molecule has 4 nitrogen and oxygen atoms in total. The van der Waals surface area contributed by atoms with Gasteiger partial charge in [-0.2, -0.15) is 0 Å². The average Bonchev–Trinajstić information content (AvgIpc) is 2.46. The largest absolute Gasteiger partial charge is 0.497 e. The maximum atomic E-state index is 5.41. The lowest BCUT2D eigenvalue weighted by Gasteiger charge is -2.11. The van der Waals surface area contributed by atoms with Gasteiger partial charge in [0.15, 0.2) is 0 Å².